The Balaban J connectivity index is 4.12. The van der Waals surface area contributed by atoms with Crippen LogP contribution in [0.2, 0.25) is 0 Å². The number of rotatable bonds is 69. The van der Waals surface area contributed by atoms with Crippen LogP contribution in [0.5, 0.6) is 0 Å². The summed E-state index contributed by atoms with van der Waals surface area (Å²) >= 11 is 0. The van der Waals surface area contributed by atoms with Crippen LogP contribution in [0.3, 0.4) is 0 Å². The van der Waals surface area contributed by atoms with E-state index in [9.17, 15) is 14.4 Å². The standard InChI is InChI=1S/C74H142O6/c1-4-7-10-13-16-19-22-25-28-30-31-32-33-34-35-36-37-38-39-40-41-42-43-44-47-49-52-55-58-61-64-67-73(76)79-70-71(69-78-72(75)66-63-60-57-54-51-48-45-27-24-21-18-15-12-9-6-3)80-74(77)68-65-62-59-56-53-50-46-29-26-23-20-17-14-11-8-5-2/h27,45,71H,4-26,28-44,46-70H2,1-3H3/b45-27-. The van der Waals surface area contributed by atoms with Crippen LogP contribution in [0, 0.1) is 0 Å². The van der Waals surface area contributed by atoms with Gasteiger partial charge in [-0.05, 0) is 44.9 Å². The summed E-state index contributed by atoms with van der Waals surface area (Å²) in [6, 6.07) is 0. The molecule has 0 radical (unpaired) electrons. The Bertz CT molecular complexity index is 1250. The molecule has 0 bridgehead atoms. The zero-order valence-corrected chi connectivity index (χ0v) is 54.6. The number of ether oxygens (including phenoxy) is 3. The summed E-state index contributed by atoms with van der Waals surface area (Å²) < 4.78 is 17.0. The van der Waals surface area contributed by atoms with E-state index in [2.05, 4.69) is 32.9 Å². The van der Waals surface area contributed by atoms with Gasteiger partial charge in [-0.15, -0.1) is 0 Å². The molecule has 0 saturated carbocycles. The molecule has 6 nitrogen and oxygen atoms in total. The first kappa shape index (κ1) is 78.1. The Morgan fingerprint density at radius 1 is 0.237 bits per heavy atom. The molecule has 0 spiro atoms. The van der Waals surface area contributed by atoms with Crippen molar-refractivity contribution in [2.45, 2.75) is 431 Å². The van der Waals surface area contributed by atoms with E-state index in [1.54, 1.807) is 0 Å². The van der Waals surface area contributed by atoms with E-state index in [1.807, 2.05) is 0 Å². The average molecular weight is 1130 g/mol. The highest BCUT2D eigenvalue weighted by Crippen LogP contribution is 2.19. The van der Waals surface area contributed by atoms with Crippen LogP contribution in [0.15, 0.2) is 12.2 Å². The molecule has 0 aromatic carbocycles. The summed E-state index contributed by atoms with van der Waals surface area (Å²) in [5, 5.41) is 0. The summed E-state index contributed by atoms with van der Waals surface area (Å²) in [7, 11) is 0. The Morgan fingerprint density at radius 3 is 0.625 bits per heavy atom. The molecule has 1 atom stereocenters. The number of hydrogen-bond donors (Lipinski definition) is 0. The summed E-state index contributed by atoms with van der Waals surface area (Å²) in [5.41, 5.74) is 0. The maximum absolute atomic E-state index is 12.9. The quantitative estimate of drug-likeness (QED) is 0.0261. The van der Waals surface area contributed by atoms with Crippen molar-refractivity contribution in [1.29, 1.82) is 0 Å². The molecule has 0 rings (SSSR count). The molecular weight excluding hydrogens is 985 g/mol. The highest BCUT2D eigenvalue weighted by Gasteiger charge is 2.20. The second kappa shape index (κ2) is 69.6. The van der Waals surface area contributed by atoms with E-state index in [-0.39, 0.29) is 31.1 Å². The fourth-order valence-corrected chi connectivity index (χ4v) is 11.5. The van der Waals surface area contributed by atoms with Crippen molar-refractivity contribution in [1.82, 2.24) is 0 Å². The van der Waals surface area contributed by atoms with Crippen LogP contribution in [-0.4, -0.2) is 37.2 Å². The van der Waals surface area contributed by atoms with E-state index in [1.165, 1.54) is 321 Å². The van der Waals surface area contributed by atoms with Gasteiger partial charge in [-0.25, -0.2) is 0 Å². The molecule has 0 aliphatic carbocycles. The van der Waals surface area contributed by atoms with Crippen molar-refractivity contribution < 1.29 is 28.6 Å². The average Bonchev–Trinajstić information content (AvgIpc) is 3.46. The van der Waals surface area contributed by atoms with Crippen LogP contribution in [0.25, 0.3) is 0 Å². The molecule has 1 unspecified atom stereocenters. The molecule has 0 saturated heterocycles. The monoisotopic (exact) mass is 1130 g/mol. The topological polar surface area (TPSA) is 78.9 Å². The van der Waals surface area contributed by atoms with Crippen molar-refractivity contribution in [2.24, 2.45) is 0 Å². The zero-order valence-electron chi connectivity index (χ0n) is 54.6. The minimum absolute atomic E-state index is 0.0656. The van der Waals surface area contributed by atoms with Gasteiger partial charge in [0, 0.05) is 19.3 Å². The lowest BCUT2D eigenvalue weighted by molar-refractivity contribution is -0.167. The maximum Gasteiger partial charge on any atom is 0.306 e. The summed E-state index contributed by atoms with van der Waals surface area (Å²) in [4.78, 5) is 38.4. The van der Waals surface area contributed by atoms with Crippen LogP contribution in [0.4, 0.5) is 0 Å². The highest BCUT2D eigenvalue weighted by atomic mass is 16.6. The van der Waals surface area contributed by atoms with Crippen molar-refractivity contribution in [3.63, 3.8) is 0 Å². The van der Waals surface area contributed by atoms with Crippen molar-refractivity contribution >= 4 is 17.9 Å². The van der Waals surface area contributed by atoms with Gasteiger partial charge in [0.05, 0.1) is 0 Å². The zero-order chi connectivity index (χ0) is 57.8. The van der Waals surface area contributed by atoms with Crippen molar-refractivity contribution in [3.8, 4) is 0 Å². The van der Waals surface area contributed by atoms with Crippen LogP contribution in [-0.2, 0) is 28.6 Å². The molecule has 0 aromatic heterocycles. The largest absolute Gasteiger partial charge is 0.462 e. The van der Waals surface area contributed by atoms with Crippen LogP contribution < -0.4 is 0 Å². The van der Waals surface area contributed by atoms with E-state index in [4.69, 9.17) is 14.2 Å². The second-order valence-corrected chi connectivity index (χ2v) is 25.2. The number of allylic oxidation sites excluding steroid dienone is 2. The molecule has 0 amide bonds. The van der Waals surface area contributed by atoms with Gasteiger partial charge in [0.25, 0.3) is 0 Å². The van der Waals surface area contributed by atoms with Gasteiger partial charge in [0.15, 0.2) is 6.10 Å². The Morgan fingerprint density at radius 2 is 0.412 bits per heavy atom. The minimum atomic E-state index is -0.770. The van der Waals surface area contributed by atoms with Gasteiger partial charge in [-0.1, -0.05) is 373 Å². The van der Waals surface area contributed by atoms with E-state index in [0.717, 1.165) is 64.2 Å². The molecule has 6 heteroatoms. The first-order chi connectivity index (χ1) is 39.5. The molecule has 474 valence electrons. The lowest BCUT2D eigenvalue weighted by atomic mass is 10.0. The molecule has 0 fully saturated rings. The molecule has 0 aromatic rings. The molecule has 0 N–H and O–H groups in total. The number of esters is 3. The molecular formula is C74H142O6. The summed E-state index contributed by atoms with van der Waals surface area (Å²) in [5.74, 6) is -0.839. The summed E-state index contributed by atoms with van der Waals surface area (Å²) in [6.07, 6.45) is 84.0. The number of carbonyl (C=O) groups excluding carboxylic acids is 3. The van der Waals surface area contributed by atoms with E-state index in [0.29, 0.717) is 19.3 Å². The first-order valence-electron chi connectivity index (χ1n) is 36.7. The van der Waals surface area contributed by atoms with Gasteiger partial charge in [0.1, 0.15) is 13.2 Å². The lowest BCUT2D eigenvalue weighted by Crippen LogP contribution is -2.30. The predicted molar refractivity (Wildman–Crippen MR) is 349 cm³/mol. The van der Waals surface area contributed by atoms with Gasteiger partial charge < -0.3 is 14.2 Å². The Kier molecular flexibility index (Phi) is 68.0. The molecule has 0 aliphatic heterocycles. The van der Waals surface area contributed by atoms with Crippen molar-refractivity contribution in [3.05, 3.63) is 12.2 Å². The molecule has 0 heterocycles. The number of hydrogen-bond acceptors (Lipinski definition) is 6. The highest BCUT2D eigenvalue weighted by molar-refractivity contribution is 5.71. The predicted octanol–water partition coefficient (Wildman–Crippen LogP) is 25.2. The third-order valence-corrected chi connectivity index (χ3v) is 17.0. The van der Waals surface area contributed by atoms with Crippen LogP contribution in [0.1, 0.15) is 425 Å². The second-order valence-electron chi connectivity index (χ2n) is 25.2. The SMILES string of the molecule is CCCCCCCC/C=C\CCCCCCCC(=O)OCC(COC(=O)CCCCCCCCCCCCCCCCCCCCCCCCCCCCCCCCC)OC(=O)CCCCCCCCCCCCCCCCCC. The minimum Gasteiger partial charge on any atom is -0.462 e. The smallest absolute Gasteiger partial charge is 0.306 e. The third kappa shape index (κ3) is 66.9. The number of carbonyl (C=O) groups is 3. The first-order valence-corrected chi connectivity index (χ1v) is 36.7. The Hall–Kier alpha value is -1.85. The van der Waals surface area contributed by atoms with Crippen LogP contribution >= 0.6 is 0 Å². The fraction of sp³-hybridized carbons (Fsp3) is 0.932. The third-order valence-electron chi connectivity index (χ3n) is 17.0. The molecule has 80 heavy (non-hydrogen) atoms. The molecule has 0 aliphatic rings. The van der Waals surface area contributed by atoms with E-state index < -0.39 is 6.10 Å². The van der Waals surface area contributed by atoms with Gasteiger partial charge in [-0.2, -0.15) is 0 Å². The van der Waals surface area contributed by atoms with Gasteiger partial charge in [0.2, 0.25) is 0 Å². The summed E-state index contributed by atoms with van der Waals surface area (Å²) in [6.45, 7) is 6.72. The van der Waals surface area contributed by atoms with Crippen molar-refractivity contribution in [2.75, 3.05) is 13.2 Å². The van der Waals surface area contributed by atoms with E-state index >= 15 is 0 Å². The Labute approximate surface area is 501 Å². The van der Waals surface area contributed by atoms with Gasteiger partial charge in [-0.3, -0.25) is 14.4 Å². The fourth-order valence-electron chi connectivity index (χ4n) is 11.5. The number of unbranched alkanes of at least 4 members (excludes halogenated alkanes) is 56. The van der Waals surface area contributed by atoms with Gasteiger partial charge >= 0.3 is 17.9 Å². The maximum atomic E-state index is 12.9. The lowest BCUT2D eigenvalue weighted by Gasteiger charge is -2.18. The normalized spacial score (nSPS) is 12.0.